The summed E-state index contributed by atoms with van der Waals surface area (Å²) in [5.74, 6) is -1.42. The fourth-order valence-electron chi connectivity index (χ4n) is 2.40. The van der Waals surface area contributed by atoms with E-state index in [2.05, 4.69) is 0 Å². The largest absolute Gasteiger partial charge is 0.481 e. The van der Waals surface area contributed by atoms with Gasteiger partial charge in [0.05, 0.1) is 6.42 Å². The molecular weight excluding hydrogens is 208 g/mol. The molecule has 0 bridgehead atoms. The number of rotatable bonds is 3. The third-order valence-electron chi connectivity index (χ3n) is 3.06. The van der Waals surface area contributed by atoms with Crippen LogP contribution in [0.5, 0.6) is 0 Å². The minimum atomic E-state index is -0.863. The second kappa shape index (κ2) is 4.28. The summed E-state index contributed by atoms with van der Waals surface area (Å²) >= 11 is 0. The normalized spacial score (nSPS) is 27.4. The van der Waals surface area contributed by atoms with Gasteiger partial charge in [0, 0.05) is 12.8 Å². The molecule has 0 saturated carbocycles. The highest BCUT2D eigenvalue weighted by Crippen LogP contribution is 2.44. The average Bonchev–Trinajstić information content (AvgIpc) is 2.26. The van der Waals surface area contributed by atoms with E-state index in [0.29, 0.717) is 0 Å². The number of carbonyl (C=O) groups excluding carboxylic acids is 1. The lowest BCUT2D eigenvalue weighted by Crippen LogP contribution is -2.32. The molecule has 2 atom stereocenters. The van der Waals surface area contributed by atoms with Crippen LogP contribution in [0, 0.1) is 11.3 Å². The average molecular weight is 226 g/mol. The molecule has 1 aliphatic rings. The lowest BCUT2D eigenvalue weighted by molar-refractivity contribution is -0.151. The van der Waals surface area contributed by atoms with Gasteiger partial charge in [-0.05, 0) is 17.9 Å². The smallest absolute Gasteiger partial charge is 0.303 e. The van der Waals surface area contributed by atoms with E-state index in [1.165, 1.54) is 6.92 Å². The lowest BCUT2D eigenvalue weighted by atomic mass is 9.79. The van der Waals surface area contributed by atoms with Crippen molar-refractivity contribution in [2.45, 2.75) is 40.2 Å². The molecular formula is C12H18O4. The molecule has 0 saturated heterocycles. The topological polar surface area (TPSA) is 63.6 Å². The fraction of sp³-hybridized carbons (Fsp3) is 0.667. The summed E-state index contributed by atoms with van der Waals surface area (Å²) in [6.07, 6.45) is 1.61. The SMILES string of the molecule is CC(=O)O[C@@H]1C(C)=CC(C)(C)[C@H]1CC(=O)O. The third-order valence-corrected chi connectivity index (χ3v) is 3.06. The van der Waals surface area contributed by atoms with Gasteiger partial charge >= 0.3 is 11.9 Å². The first-order valence-corrected chi connectivity index (χ1v) is 5.32. The molecule has 1 aliphatic carbocycles. The van der Waals surface area contributed by atoms with E-state index in [1.54, 1.807) is 0 Å². The molecule has 0 aliphatic heterocycles. The Balaban J connectivity index is 2.91. The Morgan fingerprint density at radius 1 is 1.50 bits per heavy atom. The summed E-state index contributed by atoms with van der Waals surface area (Å²) in [5, 5.41) is 8.88. The molecule has 16 heavy (non-hydrogen) atoms. The van der Waals surface area contributed by atoms with Crippen LogP contribution in [0.1, 0.15) is 34.1 Å². The van der Waals surface area contributed by atoms with Gasteiger partial charge in [-0.2, -0.15) is 0 Å². The molecule has 0 aromatic heterocycles. The van der Waals surface area contributed by atoms with Crippen LogP contribution in [0.25, 0.3) is 0 Å². The molecule has 1 rings (SSSR count). The molecule has 0 aromatic rings. The number of aliphatic carboxylic acids is 1. The standard InChI is InChI=1S/C12H18O4/c1-7-6-12(3,4)9(5-10(14)15)11(7)16-8(2)13/h6,9,11H,5H2,1-4H3,(H,14,15)/t9-,11+/m0/s1. The van der Waals surface area contributed by atoms with Gasteiger partial charge in [-0.25, -0.2) is 0 Å². The molecule has 1 N–H and O–H groups in total. The van der Waals surface area contributed by atoms with Crippen molar-refractivity contribution >= 4 is 11.9 Å². The van der Waals surface area contributed by atoms with E-state index >= 15 is 0 Å². The highest BCUT2D eigenvalue weighted by Gasteiger charge is 2.43. The Morgan fingerprint density at radius 2 is 2.06 bits per heavy atom. The first kappa shape index (κ1) is 12.7. The first-order valence-electron chi connectivity index (χ1n) is 5.32. The van der Waals surface area contributed by atoms with Crippen LogP contribution in [0.15, 0.2) is 11.6 Å². The quantitative estimate of drug-likeness (QED) is 0.590. The van der Waals surface area contributed by atoms with Crippen LogP contribution < -0.4 is 0 Å². The first-order chi connectivity index (χ1) is 7.24. The molecule has 0 spiro atoms. The summed E-state index contributed by atoms with van der Waals surface area (Å²) in [6, 6.07) is 0. The number of ether oxygens (including phenoxy) is 1. The van der Waals surface area contributed by atoms with E-state index in [1.807, 2.05) is 26.8 Å². The molecule has 0 aromatic carbocycles. The van der Waals surface area contributed by atoms with Crippen LogP contribution in [0.4, 0.5) is 0 Å². The van der Waals surface area contributed by atoms with Crippen molar-refractivity contribution in [1.29, 1.82) is 0 Å². The van der Waals surface area contributed by atoms with Crippen molar-refractivity contribution in [3.8, 4) is 0 Å². The molecule has 4 nitrogen and oxygen atoms in total. The van der Waals surface area contributed by atoms with Crippen molar-refractivity contribution < 1.29 is 19.4 Å². The van der Waals surface area contributed by atoms with Gasteiger partial charge < -0.3 is 9.84 Å². The zero-order valence-electron chi connectivity index (χ0n) is 10.1. The maximum Gasteiger partial charge on any atom is 0.303 e. The molecule has 0 amide bonds. The van der Waals surface area contributed by atoms with Crippen molar-refractivity contribution in [3.63, 3.8) is 0 Å². The van der Waals surface area contributed by atoms with Gasteiger partial charge in [0.15, 0.2) is 0 Å². The number of carboxylic acids is 1. The Bertz CT molecular complexity index is 341. The van der Waals surface area contributed by atoms with E-state index < -0.39 is 12.1 Å². The Hall–Kier alpha value is -1.32. The molecule has 4 heteroatoms. The zero-order valence-corrected chi connectivity index (χ0v) is 10.1. The maximum absolute atomic E-state index is 11.0. The predicted molar refractivity (Wildman–Crippen MR) is 58.8 cm³/mol. The van der Waals surface area contributed by atoms with Crippen molar-refractivity contribution in [3.05, 3.63) is 11.6 Å². The van der Waals surface area contributed by atoms with Crippen molar-refractivity contribution in [2.75, 3.05) is 0 Å². The van der Waals surface area contributed by atoms with Gasteiger partial charge in [-0.3, -0.25) is 9.59 Å². The summed E-state index contributed by atoms with van der Waals surface area (Å²) in [6.45, 7) is 7.15. The van der Waals surface area contributed by atoms with Gasteiger partial charge in [0.25, 0.3) is 0 Å². The summed E-state index contributed by atoms with van der Waals surface area (Å²) in [7, 11) is 0. The Kier molecular flexibility index (Phi) is 3.41. The number of carboxylic acid groups (broad SMARTS) is 1. The number of carbonyl (C=O) groups is 2. The van der Waals surface area contributed by atoms with Crippen LogP contribution >= 0.6 is 0 Å². The van der Waals surface area contributed by atoms with Gasteiger partial charge in [0.2, 0.25) is 0 Å². The number of hydrogen-bond donors (Lipinski definition) is 1. The van der Waals surface area contributed by atoms with E-state index in [9.17, 15) is 9.59 Å². The second-order valence-corrected chi connectivity index (χ2v) is 4.94. The van der Waals surface area contributed by atoms with E-state index in [0.717, 1.165) is 5.57 Å². The Labute approximate surface area is 95.3 Å². The molecule has 0 fully saturated rings. The summed E-state index contributed by atoms with van der Waals surface area (Å²) in [4.78, 5) is 21.8. The number of esters is 1. The summed E-state index contributed by atoms with van der Waals surface area (Å²) in [5.41, 5.74) is 0.689. The van der Waals surface area contributed by atoms with Gasteiger partial charge in [-0.15, -0.1) is 0 Å². The van der Waals surface area contributed by atoms with E-state index in [-0.39, 0.29) is 23.7 Å². The van der Waals surface area contributed by atoms with Crippen LogP contribution in [0.2, 0.25) is 0 Å². The molecule has 0 unspecified atom stereocenters. The van der Waals surface area contributed by atoms with Crippen molar-refractivity contribution in [2.24, 2.45) is 11.3 Å². The summed E-state index contributed by atoms with van der Waals surface area (Å²) < 4.78 is 5.20. The predicted octanol–water partition coefficient (Wildman–Crippen LogP) is 2.00. The third kappa shape index (κ3) is 2.62. The Morgan fingerprint density at radius 3 is 2.50 bits per heavy atom. The van der Waals surface area contributed by atoms with Gasteiger partial charge in [-0.1, -0.05) is 19.9 Å². The molecule has 90 valence electrons. The lowest BCUT2D eigenvalue weighted by Gasteiger charge is -2.29. The van der Waals surface area contributed by atoms with Gasteiger partial charge in [0.1, 0.15) is 6.10 Å². The highest BCUT2D eigenvalue weighted by atomic mass is 16.5. The number of allylic oxidation sites excluding steroid dienone is 1. The molecule has 0 heterocycles. The minimum Gasteiger partial charge on any atom is -0.481 e. The zero-order chi connectivity index (χ0) is 12.5. The molecule has 0 radical (unpaired) electrons. The van der Waals surface area contributed by atoms with Crippen LogP contribution in [-0.4, -0.2) is 23.1 Å². The van der Waals surface area contributed by atoms with E-state index in [4.69, 9.17) is 9.84 Å². The minimum absolute atomic E-state index is 0.0127. The highest BCUT2D eigenvalue weighted by molar-refractivity contribution is 5.69. The maximum atomic E-state index is 11.0. The fourth-order valence-corrected chi connectivity index (χ4v) is 2.40. The number of hydrogen-bond acceptors (Lipinski definition) is 3. The van der Waals surface area contributed by atoms with Crippen LogP contribution in [-0.2, 0) is 14.3 Å². The monoisotopic (exact) mass is 226 g/mol. The van der Waals surface area contributed by atoms with Crippen molar-refractivity contribution in [1.82, 2.24) is 0 Å². The van der Waals surface area contributed by atoms with Crippen LogP contribution in [0.3, 0.4) is 0 Å². The second-order valence-electron chi connectivity index (χ2n) is 4.94.